The van der Waals surface area contributed by atoms with E-state index in [-0.39, 0.29) is 13.0 Å². The molecule has 1 unspecified atom stereocenters. The van der Waals surface area contributed by atoms with E-state index in [1.807, 2.05) is 6.07 Å². The van der Waals surface area contributed by atoms with Crippen molar-refractivity contribution in [1.29, 1.82) is 5.26 Å². The number of aromatic nitrogens is 1. The molecule has 92 valence electrons. The lowest BCUT2D eigenvalue weighted by atomic mass is 10.2. The zero-order valence-electron chi connectivity index (χ0n) is 9.58. The fourth-order valence-electron chi connectivity index (χ4n) is 1.92. The second-order valence-electron chi connectivity index (χ2n) is 4.11. The zero-order chi connectivity index (χ0) is 13.1. The van der Waals surface area contributed by atoms with Crippen molar-refractivity contribution in [2.75, 3.05) is 0 Å². The minimum Gasteiger partial charge on any atom is -0.481 e. The fourth-order valence-corrected chi connectivity index (χ4v) is 1.92. The Kier molecular flexibility index (Phi) is 3.31. The second kappa shape index (κ2) is 4.90. The van der Waals surface area contributed by atoms with Crippen molar-refractivity contribution >= 4 is 16.9 Å². The SMILES string of the molecule is N#Cc1ccc2c(ccn2CC(O)CC(=O)O)c1. The van der Waals surface area contributed by atoms with Gasteiger partial charge in [-0.05, 0) is 24.3 Å². The van der Waals surface area contributed by atoms with Crippen molar-refractivity contribution in [2.45, 2.75) is 19.1 Å². The highest BCUT2D eigenvalue weighted by Gasteiger charge is 2.11. The molecule has 5 heteroatoms. The van der Waals surface area contributed by atoms with Crippen LogP contribution in [0.3, 0.4) is 0 Å². The maximum absolute atomic E-state index is 10.5. The summed E-state index contributed by atoms with van der Waals surface area (Å²) < 4.78 is 1.78. The number of fused-ring (bicyclic) bond motifs is 1. The molecule has 0 radical (unpaired) electrons. The number of carboxylic acid groups (broad SMARTS) is 1. The lowest BCUT2D eigenvalue weighted by Crippen LogP contribution is -2.19. The van der Waals surface area contributed by atoms with Crippen molar-refractivity contribution in [1.82, 2.24) is 4.57 Å². The van der Waals surface area contributed by atoms with Crippen LogP contribution in [0.5, 0.6) is 0 Å². The molecule has 1 heterocycles. The Morgan fingerprint density at radius 3 is 2.89 bits per heavy atom. The summed E-state index contributed by atoms with van der Waals surface area (Å²) in [4.78, 5) is 10.5. The van der Waals surface area contributed by atoms with E-state index in [9.17, 15) is 9.90 Å². The molecule has 0 bridgehead atoms. The van der Waals surface area contributed by atoms with Crippen LogP contribution in [0.2, 0.25) is 0 Å². The van der Waals surface area contributed by atoms with Gasteiger partial charge in [-0.25, -0.2) is 0 Å². The Balaban J connectivity index is 2.25. The molecule has 0 fully saturated rings. The molecule has 18 heavy (non-hydrogen) atoms. The fraction of sp³-hybridized carbons (Fsp3) is 0.231. The normalized spacial score (nSPS) is 12.2. The first-order chi connectivity index (χ1) is 8.60. The number of hydrogen-bond acceptors (Lipinski definition) is 3. The largest absolute Gasteiger partial charge is 0.481 e. The van der Waals surface area contributed by atoms with Gasteiger partial charge in [0.2, 0.25) is 0 Å². The molecular formula is C13H12N2O3. The van der Waals surface area contributed by atoms with E-state index in [1.165, 1.54) is 0 Å². The summed E-state index contributed by atoms with van der Waals surface area (Å²) >= 11 is 0. The first-order valence-electron chi connectivity index (χ1n) is 5.49. The highest BCUT2D eigenvalue weighted by molar-refractivity contribution is 5.81. The number of carboxylic acids is 1. The molecule has 0 aliphatic rings. The van der Waals surface area contributed by atoms with Gasteiger partial charge in [-0.15, -0.1) is 0 Å². The molecule has 5 nitrogen and oxygen atoms in total. The first kappa shape index (κ1) is 12.1. The van der Waals surface area contributed by atoms with Gasteiger partial charge in [0, 0.05) is 23.6 Å². The predicted octanol–water partition coefficient (Wildman–Crippen LogP) is 1.35. The predicted molar refractivity (Wildman–Crippen MR) is 64.9 cm³/mol. The third-order valence-corrected chi connectivity index (χ3v) is 2.72. The minimum atomic E-state index is -1.02. The highest BCUT2D eigenvalue weighted by atomic mass is 16.4. The maximum atomic E-state index is 10.5. The quantitative estimate of drug-likeness (QED) is 0.849. The molecule has 0 saturated carbocycles. The summed E-state index contributed by atoms with van der Waals surface area (Å²) in [5, 5.41) is 27.9. The van der Waals surface area contributed by atoms with Gasteiger partial charge >= 0.3 is 5.97 Å². The molecule has 0 aliphatic heterocycles. The van der Waals surface area contributed by atoms with Gasteiger partial charge < -0.3 is 14.8 Å². The molecule has 0 saturated heterocycles. The number of nitriles is 1. The Hall–Kier alpha value is -2.32. The number of nitrogens with zero attached hydrogens (tertiary/aromatic N) is 2. The van der Waals surface area contributed by atoms with Gasteiger partial charge in [0.1, 0.15) is 0 Å². The van der Waals surface area contributed by atoms with Crippen molar-refractivity contribution in [3.63, 3.8) is 0 Å². The number of hydrogen-bond donors (Lipinski definition) is 2. The Labute approximate surface area is 103 Å². The van der Waals surface area contributed by atoms with Crippen molar-refractivity contribution in [3.8, 4) is 6.07 Å². The van der Waals surface area contributed by atoms with E-state index >= 15 is 0 Å². The van der Waals surface area contributed by atoms with Gasteiger partial charge in [0.15, 0.2) is 0 Å². The number of aliphatic carboxylic acids is 1. The summed E-state index contributed by atoms with van der Waals surface area (Å²) in [7, 11) is 0. The zero-order valence-corrected chi connectivity index (χ0v) is 9.58. The van der Waals surface area contributed by atoms with Crippen molar-refractivity contribution in [2.24, 2.45) is 0 Å². The third-order valence-electron chi connectivity index (χ3n) is 2.72. The molecule has 2 rings (SSSR count). The lowest BCUT2D eigenvalue weighted by molar-refractivity contribution is -0.139. The van der Waals surface area contributed by atoms with E-state index in [2.05, 4.69) is 6.07 Å². The molecule has 0 amide bonds. The molecule has 0 spiro atoms. The van der Waals surface area contributed by atoms with Crippen LogP contribution < -0.4 is 0 Å². The van der Waals surface area contributed by atoms with Crippen LogP contribution in [0.15, 0.2) is 30.5 Å². The van der Waals surface area contributed by atoms with Crippen LogP contribution >= 0.6 is 0 Å². The van der Waals surface area contributed by atoms with Crippen LogP contribution in [-0.2, 0) is 11.3 Å². The summed E-state index contributed by atoms with van der Waals surface area (Å²) in [5.74, 6) is -1.02. The molecular weight excluding hydrogens is 232 g/mol. The molecule has 2 N–H and O–H groups in total. The summed E-state index contributed by atoms with van der Waals surface area (Å²) in [5.41, 5.74) is 1.45. The molecule has 1 atom stereocenters. The average molecular weight is 244 g/mol. The Morgan fingerprint density at radius 1 is 1.44 bits per heavy atom. The third kappa shape index (κ3) is 2.50. The van der Waals surface area contributed by atoms with E-state index in [0.717, 1.165) is 10.9 Å². The first-order valence-corrected chi connectivity index (χ1v) is 5.49. The van der Waals surface area contributed by atoms with E-state index in [1.54, 1.807) is 29.0 Å². The summed E-state index contributed by atoms with van der Waals surface area (Å²) in [6.07, 6.45) is 0.570. The topological polar surface area (TPSA) is 86.3 Å². The summed E-state index contributed by atoms with van der Waals surface area (Å²) in [6.45, 7) is 0.224. The second-order valence-corrected chi connectivity index (χ2v) is 4.11. The van der Waals surface area contributed by atoms with Gasteiger partial charge in [0.25, 0.3) is 0 Å². The molecule has 1 aromatic carbocycles. The van der Waals surface area contributed by atoms with Crippen LogP contribution in [0.25, 0.3) is 10.9 Å². The van der Waals surface area contributed by atoms with Gasteiger partial charge in [-0.1, -0.05) is 0 Å². The standard InChI is InChI=1S/C13H12N2O3/c14-7-9-1-2-12-10(5-9)3-4-15(12)8-11(16)6-13(17)18/h1-5,11,16H,6,8H2,(H,17,18). The summed E-state index contributed by atoms with van der Waals surface area (Å²) in [6, 6.07) is 9.15. The number of rotatable bonds is 4. The van der Waals surface area contributed by atoms with E-state index < -0.39 is 12.1 Å². The van der Waals surface area contributed by atoms with Crippen LogP contribution in [0.4, 0.5) is 0 Å². The highest BCUT2D eigenvalue weighted by Crippen LogP contribution is 2.18. The van der Waals surface area contributed by atoms with Gasteiger partial charge in [-0.2, -0.15) is 5.26 Å². The average Bonchev–Trinajstić information content (AvgIpc) is 2.70. The van der Waals surface area contributed by atoms with E-state index in [0.29, 0.717) is 5.56 Å². The van der Waals surface area contributed by atoms with Crippen molar-refractivity contribution < 1.29 is 15.0 Å². The number of aliphatic hydroxyl groups excluding tert-OH is 1. The Bertz CT molecular complexity index is 625. The van der Waals surface area contributed by atoms with Gasteiger partial charge in [0.05, 0.1) is 24.2 Å². The van der Waals surface area contributed by atoms with Crippen LogP contribution in [0.1, 0.15) is 12.0 Å². The number of benzene rings is 1. The van der Waals surface area contributed by atoms with E-state index in [4.69, 9.17) is 10.4 Å². The monoisotopic (exact) mass is 244 g/mol. The minimum absolute atomic E-state index is 0.224. The van der Waals surface area contributed by atoms with Crippen LogP contribution in [0, 0.1) is 11.3 Å². The van der Waals surface area contributed by atoms with Gasteiger partial charge in [-0.3, -0.25) is 4.79 Å². The molecule has 0 aliphatic carbocycles. The molecule has 2 aromatic rings. The lowest BCUT2D eigenvalue weighted by Gasteiger charge is -2.10. The smallest absolute Gasteiger partial charge is 0.306 e. The maximum Gasteiger partial charge on any atom is 0.306 e. The number of carbonyl (C=O) groups is 1. The Morgan fingerprint density at radius 2 is 2.22 bits per heavy atom. The van der Waals surface area contributed by atoms with Crippen molar-refractivity contribution in [3.05, 3.63) is 36.0 Å². The number of aliphatic hydroxyl groups is 1. The van der Waals surface area contributed by atoms with Crippen LogP contribution in [-0.4, -0.2) is 26.9 Å². The molecule has 1 aromatic heterocycles.